The standard InChI is InChI=1S/C11H11N5S/c1-7-3-4-8-10(12-7)16(11(17)13-8)9-5-6-15(2)14-9/h3-6H,1-2H3,(H,13,17). The minimum atomic E-state index is 0.608. The van der Waals surface area contributed by atoms with Gasteiger partial charge in [-0.2, -0.15) is 5.10 Å². The fraction of sp³-hybridized carbons (Fsp3) is 0.182. The molecule has 0 bridgehead atoms. The molecule has 0 spiro atoms. The number of H-pyrrole nitrogens is 1. The van der Waals surface area contributed by atoms with E-state index in [0.29, 0.717) is 4.77 Å². The smallest absolute Gasteiger partial charge is 0.185 e. The molecule has 86 valence electrons. The average Bonchev–Trinajstić information content (AvgIpc) is 2.81. The minimum absolute atomic E-state index is 0.608. The van der Waals surface area contributed by atoms with Crippen LogP contribution in [0.2, 0.25) is 0 Å². The topological polar surface area (TPSA) is 51.4 Å². The van der Waals surface area contributed by atoms with Gasteiger partial charge in [0.1, 0.15) is 0 Å². The maximum absolute atomic E-state index is 5.31. The maximum atomic E-state index is 5.31. The largest absolute Gasteiger partial charge is 0.329 e. The van der Waals surface area contributed by atoms with Crippen LogP contribution in [0, 0.1) is 11.7 Å². The average molecular weight is 245 g/mol. The molecule has 5 nitrogen and oxygen atoms in total. The molecule has 0 aromatic carbocycles. The van der Waals surface area contributed by atoms with Crippen molar-refractivity contribution in [2.45, 2.75) is 6.92 Å². The number of aromatic nitrogens is 5. The monoisotopic (exact) mass is 245 g/mol. The molecule has 3 aromatic heterocycles. The number of nitrogens with zero attached hydrogens (tertiary/aromatic N) is 4. The summed E-state index contributed by atoms with van der Waals surface area (Å²) in [5.41, 5.74) is 2.69. The Morgan fingerprint density at radius 3 is 2.82 bits per heavy atom. The first-order valence-electron chi connectivity index (χ1n) is 5.23. The number of fused-ring (bicyclic) bond motifs is 1. The number of pyridine rings is 1. The van der Waals surface area contributed by atoms with Crippen LogP contribution in [0.3, 0.4) is 0 Å². The van der Waals surface area contributed by atoms with Gasteiger partial charge in [-0.1, -0.05) is 0 Å². The molecule has 1 N–H and O–H groups in total. The number of imidazole rings is 1. The van der Waals surface area contributed by atoms with Crippen LogP contribution in [0.25, 0.3) is 17.0 Å². The highest BCUT2D eigenvalue weighted by atomic mass is 32.1. The number of hydrogen-bond donors (Lipinski definition) is 1. The third-order valence-corrected chi connectivity index (χ3v) is 2.88. The first-order valence-corrected chi connectivity index (χ1v) is 5.64. The fourth-order valence-corrected chi connectivity index (χ4v) is 2.10. The van der Waals surface area contributed by atoms with Crippen molar-refractivity contribution in [3.05, 3.63) is 34.9 Å². The second-order valence-corrected chi connectivity index (χ2v) is 4.32. The van der Waals surface area contributed by atoms with Crippen molar-refractivity contribution in [1.82, 2.24) is 24.3 Å². The summed E-state index contributed by atoms with van der Waals surface area (Å²) in [6, 6.07) is 5.84. The molecule has 3 aromatic rings. The SMILES string of the molecule is Cc1ccc2[nH]c(=S)n(-c3ccn(C)n3)c2n1. The van der Waals surface area contributed by atoms with Gasteiger partial charge in [-0.15, -0.1) is 0 Å². The Kier molecular flexibility index (Phi) is 2.12. The van der Waals surface area contributed by atoms with E-state index in [1.165, 1.54) is 0 Å². The summed E-state index contributed by atoms with van der Waals surface area (Å²) < 4.78 is 4.19. The lowest BCUT2D eigenvalue weighted by atomic mass is 10.3. The van der Waals surface area contributed by atoms with Crippen LogP contribution >= 0.6 is 12.2 Å². The van der Waals surface area contributed by atoms with Crippen molar-refractivity contribution >= 4 is 23.4 Å². The van der Waals surface area contributed by atoms with Crippen molar-refractivity contribution < 1.29 is 0 Å². The van der Waals surface area contributed by atoms with Gasteiger partial charge in [0.2, 0.25) is 0 Å². The van der Waals surface area contributed by atoms with Crippen LogP contribution in [0.4, 0.5) is 0 Å². The van der Waals surface area contributed by atoms with E-state index in [4.69, 9.17) is 12.2 Å². The Labute approximate surface area is 103 Å². The molecular formula is C11H11N5S. The van der Waals surface area contributed by atoms with Gasteiger partial charge in [0.25, 0.3) is 0 Å². The summed E-state index contributed by atoms with van der Waals surface area (Å²) in [6.07, 6.45) is 1.88. The van der Waals surface area contributed by atoms with Gasteiger partial charge >= 0.3 is 0 Å². The molecule has 6 heteroatoms. The summed E-state index contributed by atoms with van der Waals surface area (Å²) in [5, 5.41) is 4.35. The van der Waals surface area contributed by atoms with E-state index in [1.54, 1.807) is 4.68 Å². The van der Waals surface area contributed by atoms with E-state index in [2.05, 4.69) is 15.1 Å². The molecule has 0 fully saturated rings. The van der Waals surface area contributed by atoms with Crippen molar-refractivity contribution in [1.29, 1.82) is 0 Å². The van der Waals surface area contributed by atoms with Crippen LogP contribution in [-0.4, -0.2) is 24.3 Å². The van der Waals surface area contributed by atoms with Gasteiger partial charge in [0.05, 0.1) is 5.52 Å². The lowest BCUT2D eigenvalue weighted by molar-refractivity contribution is 0.751. The first kappa shape index (κ1) is 10.2. The molecular weight excluding hydrogens is 234 g/mol. The predicted octanol–water partition coefficient (Wildman–Crippen LogP) is 2.13. The molecule has 0 saturated carbocycles. The second kappa shape index (κ2) is 3.53. The van der Waals surface area contributed by atoms with E-state index >= 15 is 0 Å². The summed E-state index contributed by atoms with van der Waals surface area (Å²) in [4.78, 5) is 7.63. The second-order valence-electron chi connectivity index (χ2n) is 3.94. The van der Waals surface area contributed by atoms with E-state index in [1.807, 2.05) is 42.9 Å². The van der Waals surface area contributed by atoms with Gasteiger partial charge in [-0.05, 0) is 31.3 Å². The highest BCUT2D eigenvalue weighted by Gasteiger charge is 2.09. The van der Waals surface area contributed by atoms with Crippen LogP contribution in [-0.2, 0) is 7.05 Å². The zero-order valence-electron chi connectivity index (χ0n) is 9.51. The Bertz CT molecular complexity index is 749. The summed E-state index contributed by atoms with van der Waals surface area (Å²) in [5.74, 6) is 0.779. The van der Waals surface area contributed by atoms with Gasteiger partial charge in [0, 0.05) is 25.0 Å². The molecule has 17 heavy (non-hydrogen) atoms. The Morgan fingerprint density at radius 2 is 2.12 bits per heavy atom. The zero-order chi connectivity index (χ0) is 12.0. The van der Waals surface area contributed by atoms with E-state index in [0.717, 1.165) is 22.7 Å². The Morgan fingerprint density at radius 1 is 1.29 bits per heavy atom. The molecule has 0 amide bonds. The van der Waals surface area contributed by atoms with Crippen LogP contribution in [0.15, 0.2) is 24.4 Å². The number of aromatic amines is 1. The molecule has 3 rings (SSSR count). The Balaban J connectivity index is 2.39. The minimum Gasteiger partial charge on any atom is -0.329 e. The number of hydrogen-bond acceptors (Lipinski definition) is 3. The molecule has 0 saturated heterocycles. The summed E-state index contributed by atoms with van der Waals surface area (Å²) in [7, 11) is 1.88. The van der Waals surface area contributed by atoms with Crippen LogP contribution < -0.4 is 0 Å². The van der Waals surface area contributed by atoms with Gasteiger partial charge < -0.3 is 4.98 Å². The third kappa shape index (κ3) is 1.57. The van der Waals surface area contributed by atoms with Crippen LogP contribution in [0.5, 0.6) is 0 Å². The van der Waals surface area contributed by atoms with Crippen LogP contribution in [0.1, 0.15) is 5.69 Å². The number of aryl methyl sites for hydroxylation is 2. The zero-order valence-corrected chi connectivity index (χ0v) is 10.3. The van der Waals surface area contributed by atoms with Crippen molar-refractivity contribution in [3.8, 4) is 5.82 Å². The molecule has 0 aliphatic carbocycles. The number of nitrogens with one attached hydrogen (secondary N) is 1. The van der Waals surface area contributed by atoms with Crippen molar-refractivity contribution in [2.75, 3.05) is 0 Å². The first-order chi connectivity index (χ1) is 8.15. The molecule has 0 radical (unpaired) electrons. The fourth-order valence-electron chi connectivity index (χ4n) is 1.81. The highest BCUT2D eigenvalue weighted by Crippen LogP contribution is 2.16. The third-order valence-electron chi connectivity index (χ3n) is 2.60. The molecule has 0 atom stereocenters. The molecule has 3 heterocycles. The maximum Gasteiger partial charge on any atom is 0.185 e. The summed E-state index contributed by atoms with van der Waals surface area (Å²) >= 11 is 5.31. The van der Waals surface area contributed by atoms with E-state index in [9.17, 15) is 0 Å². The van der Waals surface area contributed by atoms with Gasteiger partial charge in [-0.25, -0.2) is 4.98 Å². The van der Waals surface area contributed by atoms with Gasteiger partial charge in [0.15, 0.2) is 16.2 Å². The Hall–Kier alpha value is -1.95. The molecule has 0 aliphatic heterocycles. The molecule has 0 aliphatic rings. The lowest BCUT2D eigenvalue weighted by Gasteiger charge is -1.99. The summed E-state index contributed by atoms with van der Waals surface area (Å²) in [6.45, 7) is 1.96. The lowest BCUT2D eigenvalue weighted by Crippen LogP contribution is -1.98. The quantitative estimate of drug-likeness (QED) is 0.668. The van der Waals surface area contributed by atoms with E-state index < -0.39 is 0 Å². The predicted molar refractivity (Wildman–Crippen MR) is 67.8 cm³/mol. The normalized spacial score (nSPS) is 11.2. The number of rotatable bonds is 1. The van der Waals surface area contributed by atoms with Crippen molar-refractivity contribution in [2.24, 2.45) is 7.05 Å². The van der Waals surface area contributed by atoms with Gasteiger partial charge in [-0.3, -0.25) is 9.25 Å². The van der Waals surface area contributed by atoms with Crippen molar-refractivity contribution in [3.63, 3.8) is 0 Å². The highest BCUT2D eigenvalue weighted by molar-refractivity contribution is 7.71. The van der Waals surface area contributed by atoms with E-state index in [-0.39, 0.29) is 0 Å². The molecule has 0 unspecified atom stereocenters.